The molecule has 0 unspecified atom stereocenters. The molecule has 0 atom stereocenters. The van der Waals surface area contributed by atoms with Gasteiger partial charge in [0.05, 0.1) is 0 Å². The molecule has 2 heteroatoms. The van der Waals surface area contributed by atoms with Crippen LogP contribution in [-0.4, -0.2) is 33.9 Å². The van der Waals surface area contributed by atoms with Crippen LogP contribution in [0.1, 0.15) is 0 Å². The van der Waals surface area contributed by atoms with Crippen molar-refractivity contribution in [2.45, 2.75) is 12.1 Å². The van der Waals surface area contributed by atoms with E-state index in [2.05, 4.69) is 13.2 Å². The van der Waals surface area contributed by atoms with Gasteiger partial charge in [0.25, 0.3) is 0 Å². The fourth-order valence-electron chi connectivity index (χ4n) is 0.332. The van der Waals surface area contributed by atoms with Gasteiger partial charge < -0.3 is 0 Å². The second kappa shape index (κ2) is 10.5. The maximum absolute atomic E-state index is 3.62. The molecule has 0 rings (SSSR count). The van der Waals surface area contributed by atoms with Crippen LogP contribution >= 0.6 is 0 Å². The zero-order valence-electron chi connectivity index (χ0n) is 5.01. The molecule has 0 heterocycles. The molecule has 0 nitrogen and oxygen atoms in total. The van der Waals surface area contributed by atoms with Crippen molar-refractivity contribution in [3.05, 3.63) is 25.3 Å². The number of rotatable bonds is 4. The minimum atomic E-state index is 0. The average molecular weight is 233 g/mol. The van der Waals surface area contributed by atoms with Crippen molar-refractivity contribution in [2.75, 3.05) is 0 Å². The van der Waals surface area contributed by atoms with E-state index in [1.807, 2.05) is 12.2 Å². The molecule has 0 aromatic heterocycles. The molecule has 0 aliphatic heterocycles. The van der Waals surface area contributed by atoms with Crippen LogP contribution in [0.4, 0.5) is 0 Å². The van der Waals surface area contributed by atoms with Crippen molar-refractivity contribution < 1.29 is 0 Å². The molecule has 0 saturated carbocycles. The van der Waals surface area contributed by atoms with Gasteiger partial charge in [0, 0.05) is 33.9 Å². The summed E-state index contributed by atoms with van der Waals surface area (Å²) >= 11 is 0. The van der Waals surface area contributed by atoms with Gasteiger partial charge >= 0.3 is 0 Å². The third-order valence-electron chi connectivity index (χ3n) is 0.667. The minimum Gasteiger partial charge on any atom is -0.103 e. The first-order chi connectivity index (χ1) is 3.41. The Labute approximate surface area is 71.3 Å². The van der Waals surface area contributed by atoms with Crippen molar-refractivity contribution in [3.8, 4) is 0 Å². The Bertz CT molecular complexity index is 53.5. The van der Waals surface area contributed by atoms with Gasteiger partial charge in [-0.1, -0.05) is 12.2 Å². The van der Waals surface area contributed by atoms with Crippen molar-refractivity contribution in [1.82, 2.24) is 0 Å². The van der Waals surface area contributed by atoms with Gasteiger partial charge in [-0.25, -0.2) is 0 Å². The topological polar surface area (TPSA) is 0 Å². The van der Waals surface area contributed by atoms with Gasteiger partial charge in [-0.3, -0.25) is 0 Å². The summed E-state index contributed by atoms with van der Waals surface area (Å²) in [7, 11) is 0.586. The fourth-order valence-corrected chi connectivity index (χ4v) is 0.996. The average Bonchev–Trinajstić information content (AvgIpc) is 1.69. The summed E-state index contributed by atoms with van der Waals surface area (Å²) < 4.78 is 0. The van der Waals surface area contributed by atoms with Crippen molar-refractivity contribution in [2.24, 2.45) is 0 Å². The molecule has 0 aliphatic rings. The number of hydrogen-bond donors (Lipinski definition) is 0. The van der Waals surface area contributed by atoms with E-state index in [0.717, 1.165) is 0 Å². The van der Waals surface area contributed by atoms with Crippen LogP contribution < -0.4 is 0 Å². The van der Waals surface area contributed by atoms with Gasteiger partial charge in [0.1, 0.15) is 0 Å². The summed E-state index contributed by atoms with van der Waals surface area (Å²) in [6, 6.07) is 2.40. The molecule has 8 heavy (non-hydrogen) atoms. The molecule has 44 valence electrons. The molecule has 4 radical (unpaired) electrons. The predicted octanol–water partition coefficient (Wildman–Crippen LogP) is 1.25. The zero-order valence-corrected chi connectivity index (χ0v) is 8.72. The van der Waals surface area contributed by atoms with Crippen molar-refractivity contribution in [1.29, 1.82) is 0 Å². The summed E-state index contributed by atoms with van der Waals surface area (Å²) in [4.78, 5) is 0. The van der Waals surface area contributed by atoms with E-state index < -0.39 is 0 Å². The van der Waals surface area contributed by atoms with Gasteiger partial charge in [-0.15, -0.1) is 13.2 Å². The quantitative estimate of drug-likeness (QED) is 0.389. The molecule has 0 amide bonds. The normalized spacial score (nSPS) is 7.00. The summed E-state index contributed by atoms with van der Waals surface area (Å²) in [6.07, 6.45) is 3.94. The van der Waals surface area contributed by atoms with Crippen LogP contribution in [0.3, 0.4) is 0 Å². The molecule has 0 aromatic carbocycles. The van der Waals surface area contributed by atoms with Crippen LogP contribution in [0.15, 0.2) is 25.3 Å². The number of hydrogen-bond acceptors (Lipinski definition) is 0. The molecule has 0 saturated heterocycles. The summed E-state index contributed by atoms with van der Waals surface area (Å²) in [5, 5.41) is 0. The van der Waals surface area contributed by atoms with Gasteiger partial charge in [0.15, 0.2) is 0 Å². The Morgan fingerprint density at radius 3 is 1.75 bits per heavy atom. The predicted molar refractivity (Wildman–Crippen MR) is 42.9 cm³/mol. The van der Waals surface area contributed by atoms with Gasteiger partial charge in [-0.05, 0) is 12.1 Å². The molecular weight excluding hydrogens is 222 g/mol. The van der Waals surface area contributed by atoms with Crippen LogP contribution in [0.5, 0.6) is 0 Å². The summed E-state index contributed by atoms with van der Waals surface area (Å²) in [6.45, 7) is 7.24. The molecule has 0 N–H and O–H groups in total. The standard InChI is InChI=1S/C6H11Si.Sb/c1-3-5-7-6-4-2;/h3-4,7H,1-2,5-6H2;. The summed E-state index contributed by atoms with van der Waals surface area (Å²) in [5.74, 6) is 0. The Morgan fingerprint density at radius 1 is 1.12 bits per heavy atom. The van der Waals surface area contributed by atoms with Crippen molar-refractivity contribution in [3.63, 3.8) is 0 Å². The second-order valence-electron chi connectivity index (χ2n) is 1.34. The van der Waals surface area contributed by atoms with E-state index in [1.54, 1.807) is 0 Å². The van der Waals surface area contributed by atoms with E-state index in [9.17, 15) is 0 Å². The fraction of sp³-hybridized carbons (Fsp3) is 0.333. The molecule has 0 fully saturated rings. The first kappa shape index (κ1) is 11.3. The van der Waals surface area contributed by atoms with Crippen LogP contribution in [-0.2, 0) is 0 Å². The molecular formula is C6H11SbSi. The van der Waals surface area contributed by atoms with E-state index in [-0.39, 0.29) is 24.4 Å². The Balaban J connectivity index is 0. The Morgan fingerprint density at radius 2 is 1.50 bits per heavy atom. The third kappa shape index (κ3) is 9.72. The molecule has 0 aliphatic carbocycles. The van der Waals surface area contributed by atoms with Crippen molar-refractivity contribution >= 4 is 33.9 Å². The van der Waals surface area contributed by atoms with E-state index in [0.29, 0.717) is 9.52 Å². The largest absolute Gasteiger partial charge is 0.103 e. The molecule has 0 aromatic rings. The Hall–Kier alpha value is 0.515. The first-order valence-electron chi connectivity index (χ1n) is 2.45. The molecule has 0 bridgehead atoms. The first-order valence-corrected chi connectivity index (χ1v) is 4.08. The Kier molecular flexibility index (Phi) is 14.9. The molecule has 0 spiro atoms. The van der Waals surface area contributed by atoms with E-state index >= 15 is 0 Å². The van der Waals surface area contributed by atoms with Gasteiger partial charge in [-0.2, -0.15) is 0 Å². The maximum atomic E-state index is 3.62. The monoisotopic (exact) mass is 232 g/mol. The van der Waals surface area contributed by atoms with E-state index in [4.69, 9.17) is 0 Å². The van der Waals surface area contributed by atoms with Gasteiger partial charge in [0.2, 0.25) is 0 Å². The second-order valence-corrected chi connectivity index (χ2v) is 2.86. The summed E-state index contributed by atoms with van der Waals surface area (Å²) in [5.41, 5.74) is 0. The van der Waals surface area contributed by atoms with Crippen LogP contribution in [0, 0.1) is 0 Å². The third-order valence-corrected chi connectivity index (χ3v) is 2.00. The smallest absolute Gasteiger partial charge is 0.0363 e. The van der Waals surface area contributed by atoms with E-state index in [1.165, 1.54) is 12.1 Å². The SMILES string of the molecule is C=CC[SiH]CC=C.[Sb]. The number of allylic oxidation sites excluding steroid dienone is 2. The maximum Gasteiger partial charge on any atom is 0.0363 e. The minimum absolute atomic E-state index is 0. The van der Waals surface area contributed by atoms with Crippen LogP contribution in [0.25, 0.3) is 0 Å². The zero-order chi connectivity index (χ0) is 5.54. The van der Waals surface area contributed by atoms with Crippen LogP contribution in [0.2, 0.25) is 12.1 Å².